The standard InChI is InChI=1S/C13H17BrClNO/c1-13(2)9-16(5-6-17-13)12-4-3-10(8-14)7-11(12)15/h3-4,7H,5-6,8-9H2,1-2H3. The van der Waals surface area contributed by atoms with Crippen molar-refractivity contribution in [2.75, 3.05) is 24.6 Å². The molecule has 1 aliphatic heterocycles. The van der Waals surface area contributed by atoms with Gasteiger partial charge in [-0.25, -0.2) is 0 Å². The van der Waals surface area contributed by atoms with Crippen molar-refractivity contribution in [3.8, 4) is 0 Å². The summed E-state index contributed by atoms with van der Waals surface area (Å²) < 4.78 is 5.71. The Hall–Kier alpha value is -0.250. The zero-order chi connectivity index (χ0) is 12.5. The van der Waals surface area contributed by atoms with Crippen LogP contribution in [0.3, 0.4) is 0 Å². The van der Waals surface area contributed by atoms with Crippen molar-refractivity contribution in [1.29, 1.82) is 0 Å². The number of ether oxygens (including phenoxy) is 1. The Morgan fingerprint density at radius 1 is 1.47 bits per heavy atom. The molecule has 0 radical (unpaired) electrons. The topological polar surface area (TPSA) is 12.5 Å². The monoisotopic (exact) mass is 317 g/mol. The van der Waals surface area contributed by atoms with Gasteiger partial charge in [-0.05, 0) is 31.5 Å². The van der Waals surface area contributed by atoms with E-state index in [2.05, 4.69) is 46.8 Å². The van der Waals surface area contributed by atoms with Crippen LogP contribution in [0.2, 0.25) is 5.02 Å². The quantitative estimate of drug-likeness (QED) is 0.768. The number of anilines is 1. The molecule has 0 spiro atoms. The fraction of sp³-hybridized carbons (Fsp3) is 0.538. The molecule has 0 aromatic heterocycles. The average Bonchev–Trinajstić information content (AvgIpc) is 2.27. The Morgan fingerprint density at radius 2 is 2.24 bits per heavy atom. The summed E-state index contributed by atoms with van der Waals surface area (Å²) in [6.07, 6.45) is 0. The van der Waals surface area contributed by atoms with Gasteiger partial charge in [0, 0.05) is 18.4 Å². The lowest BCUT2D eigenvalue weighted by atomic mass is 10.1. The smallest absolute Gasteiger partial charge is 0.0801 e. The number of halogens is 2. The zero-order valence-corrected chi connectivity index (χ0v) is 12.5. The number of rotatable bonds is 2. The molecule has 1 heterocycles. The molecule has 4 heteroatoms. The van der Waals surface area contributed by atoms with Gasteiger partial charge in [-0.15, -0.1) is 0 Å². The van der Waals surface area contributed by atoms with E-state index in [1.54, 1.807) is 0 Å². The van der Waals surface area contributed by atoms with Gasteiger partial charge in [-0.1, -0.05) is 33.6 Å². The van der Waals surface area contributed by atoms with E-state index in [1.165, 1.54) is 5.56 Å². The highest BCUT2D eigenvalue weighted by atomic mass is 79.9. The second kappa shape index (κ2) is 5.17. The highest BCUT2D eigenvalue weighted by molar-refractivity contribution is 9.08. The van der Waals surface area contributed by atoms with E-state index in [0.717, 1.165) is 35.7 Å². The number of hydrogen-bond donors (Lipinski definition) is 0. The summed E-state index contributed by atoms with van der Waals surface area (Å²) in [4.78, 5) is 2.30. The van der Waals surface area contributed by atoms with Gasteiger partial charge >= 0.3 is 0 Å². The molecule has 1 fully saturated rings. The summed E-state index contributed by atoms with van der Waals surface area (Å²) in [5.74, 6) is 0. The first kappa shape index (κ1) is 13.2. The minimum atomic E-state index is -0.102. The molecule has 17 heavy (non-hydrogen) atoms. The molecule has 1 aromatic rings. The van der Waals surface area contributed by atoms with Gasteiger partial charge in [0.15, 0.2) is 0 Å². The summed E-state index contributed by atoms with van der Waals surface area (Å²) in [5.41, 5.74) is 2.20. The van der Waals surface area contributed by atoms with Gasteiger partial charge in [0.25, 0.3) is 0 Å². The molecule has 0 amide bonds. The largest absolute Gasteiger partial charge is 0.372 e. The van der Waals surface area contributed by atoms with Crippen LogP contribution < -0.4 is 4.90 Å². The van der Waals surface area contributed by atoms with Crippen LogP contribution in [0.1, 0.15) is 19.4 Å². The van der Waals surface area contributed by atoms with Gasteiger partial charge in [0.2, 0.25) is 0 Å². The van der Waals surface area contributed by atoms with E-state index in [4.69, 9.17) is 16.3 Å². The van der Waals surface area contributed by atoms with Crippen LogP contribution >= 0.6 is 27.5 Å². The van der Waals surface area contributed by atoms with Crippen LogP contribution in [0.5, 0.6) is 0 Å². The third-order valence-electron chi connectivity index (χ3n) is 2.93. The van der Waals surface area contributed by atoms with E-state index >= 15 is 0 Å². The lowest BCUT2D eigenvalue weighted by Crippen LogP contribution is -2.48. The van der Waals surface area contributed by atoms with Crippen molar-refractivity contribution in [1.82, 2.24) is 0 Å². The van der Waals surface area contributed by atoms with Crippen LogP contribution in [0.25, 0.3) is 0 Å². The van der Waals surface area contributed by atoms with Crippen molar-refractivity contribution >= 4 is 33.2 Å². The third kappa shape index (κ3) is 3.15. The molecule has 0 atom stereocenters. The van der Waals surface area contributed by atoms with Crippen LogP contribution in [0.4, 0.5) is 5.69 Å². The molecule has 1 aromatic carbocycles. The average molecular weight is 319 g/mol. The predicted molar refractivity (Wildman–Crippen MR) is 76.3 cm³/mol. The Labute approximate surface area is 116 Å². The Kier molecular flexibility index (Phi) is 4.01. The Morgan fingerprint density at radius 3 is 2.82 bits per heavy atom. The summed E-state index contributed by atoms with van der Waals surface area (Å²) in [7, 11) is 0. The van der Waals surface area contributed by atoms with Crippen LogP contribution in [-0.4, -0.2) is 25.3 Å². The molecule has 1 saturated heterocycles. The summed E-state index contributed by atoms with van der Waals surface area (Å²) in [6.45, 7) is 6.75. The molecular formula is C13H17BrClNO. The number of morpholine rings is 1. The number of nitrogens with zero attached hydrogens (tertiary/aromatic N) is 1. The predicted octanol–water partition coefficient (Wildman–Crippen LogP) is 3.85. The van der Waals surface area contributed by atoms with Crippen molar-refractivity contribution in [2.45, 2.75) is 24.8 Å². The van der Waals surface area contributed by atoms with Crippen LogP contribution in [0, 0.1) is 0 Å². The summed E-state index contributed by atoms with van der Waals surface area (Å²) >= 11 is 9.77. The second-order valence-electron chi connectivity index (χ2n) is 4.95. The SMILES string of the molecule is CC1(C)CN(c2ccc(CBr)cc2Cl)CCO1. The van der Waals surface area contributed by atoms with Crippen LogP contribution in [-0.2, 0) is 10.1 Å². The fourth-order valence-corrected chi connectivity index (χ4v) is 2.78. The van der Waals surface area contributed by atoms with Crippen molar-refractivity contribution in [2.24, 2.45) is 0 Å². The van der Waals surface area contributed by atoms with Crippen LogP contribution in [0.15, 0.2) is 18.2 Å². The van der Waals surface area contributed by atoms with Gasteiger partial charge in [0.1, 0.15) is 0 Å². The second-order valence-corrected chi connectivity index (χ2v) is 5.92. The van der Waals surface area contributed by atoms with Crippen molar-refractivity contribution in [3.63, 3.8) is 0 Å². The van der Waals surface area contributed by atoms with E-state index in [-0.39, 0.29) is 5.60 Å². The van der Waals surface area contributed by atoms with Gasteiger partial charge < -0.3 is 9.64 Å². The first-order valence-corrected chi connectivity index (χ1v) is 7.25. The maximum absolute atomic E-state index is 6.33. The number of benzene rings is 1. The Balaban J connectivity index is 2.22. The zero-order valence-electron chi connectivity index (χ0n) is 10.2. The normalized spacial score (nSPS) is 19.4. The molecule has 2 nitrogen and oxygen atoms in total. The van der Waals surface area contributed by atoms with Gasteiger partial charge in [-0.2, -0.15) is 0 Å². The highest BCUT2D eigenvalue weighted by Gasteiger charge is 2.28. The lowest BCUT2D eigenvalue weighted by molar-refractivity contribution is -0.0276. The van der Waals surface area contributed by atoms with E-state index in [1.807, 2.05) is 6.07 Å². The molecule has 2 rings (SSSR count). The first-order chi connectivity index (χ1) is 8.02. The molecular weight excluding hydrogens is 302 g/mol. The maximum atomic E-state index is 6.33. The number of alkyl halides is 1. The molecule has 0 N–H and O–H groups in total. The third-order valence-corrected chi connectivity index (χ3v) is 3.88. The molecule has 94 valence electrons. The maximum Gasteiger partial charge on any atom is 0.0801 e. The summed E-state index contributed by atoms with van der Waals surface area (Å²) in [6, 6.07) is 6.23. The molecule has 0 aliphatic carbocycles. The Bertz CT molecular complexity index is 408. The van der Waals surface area contributed by atoms with Gasteiger partial charge in [0.05, 0.1) is 22.9 Å². The van der Waals surface area contributed by atoms with Gasteiger partial charge in [-0.3, -0.25) is 0 Å². The van der Waals surface area contributed by atoms with E-state index in [0.29, 0.717) is 0 Å². The first-order valence-electron chi connectivity index (χ1n) is 5.75. The molecule has 0 bridgehead atoms. The molecule has 1 aliphatic rings. The van der Waals surface area contributed by atoms with E-state index in [9.17, 15) is 0 Å². The lowest BCUT2D eigenvalue weighted by Gasteiger charge is -2.39. The fourth-order valence-electron chi connectivity index (χ4n) is 2.11. The summed E-state index contributed by atoms with van der Waals surface area (Å²) in [5, 5.41) is 1.65. The molecule has 0 unspecified atom stereocenters. The minimum Gasteiger partial charge on any atom is -0.372 e. The van der Waals surface area contributed by atoms with Crippen molar-refractivity contribution < 1.29 is 4.74 Å². The van der Waals surface area contributed by atoms with Crippen molar-refractivity contribution in [3.05, 3.63) is 28.8 Å². The molecule has 0 saturated carbocycles. The highest BCUT2D eigenvalue weighted by Crippen LogP contribution is 2.30. The number of hydrogen-bond acceptors (Lipinski definition) is 2. The minimum absolute atomic E-state index is 0.102. The van der Waals surface area contributed by atoms with E-state index < -0.39 is 0 Å².